The van der Waals surface area contributed by atoms with E-state index in [0.29, 0.717) is 25.5 Å². The lowest BCUT2D eigenvalue weighted by atomic mass is 9.94. The summed E-state index contributed by atoms with van der Waals surface area (Å²) in [6, 6.07) is 20.7. The van der Waals surface area contributed by atoms with Crippen LogP contribution >= 0.6 is 0 Å². The Morgan fingerprint density at radius 1 is 0.966 bits per heavy atom. The smallest absolute Gasteiger partial charge is 0.218 e. The number of ether oxygens (including phenoxy) is 1. The molecule has 0 aliphatic heterocycles. The predicted molar refractivity (Wildman–Crippen MR) is 117 cm³/mol. The zero-order valence-corrected chi connectivity index (χ0v) is 17.2. The molecule has 2 N–H and O–H groups in total. The van der Waals surface area contributed by atoms with E-state index in [2.05, 4.69) is 60.0 Å². The number of rotatable bonds is 8. The molecule has 0 saturated carbocycles. The van der Waals surface area contributed by atoms with Crippen LogP contribution in [0.1, 0.15) is 18.1 Å². The zero-order valence-electron chi connectivity index (χ0n) is 17.2. The molecule has 0 aliphatic carbocycles. The molecule has 0 radical (unpaired) electrons. The second-order valence-corrected chi connectivity index (χ2v) is 6.87. The van der Waals surface area contributed by atoms with Crippen molar-refractivity contribution in [2.75, 3.05) is 20.2 Å². The van der Waals surface area contributed by atoms with Gasteiger partial charge in [0, 0.05) is 37.7 Å². The monoisotopic (exact) mass is 389 g/mol. The van der Waals surface area contributed by atoms with Crippen LogP contribution in [0.2, 0.25) is 0 Å². The van der Waals surface area contributed by atoms with E-state index in [4.69, 9.17) is 9.72 Å². The van der Waals surface area contributed by atoms with Gasteiger partial charge in [0.25, 0.3) is 0 Å². The van der Waals surface area contributed by atoms with Gasteiger partial charge in [0.1, 0.15) is 0 Å². The van der Waals surface area contributed by atoms with E-state index in [0.717, 1.165) is 16.8 Å². The van der Waals surface area contributed by atoms with Gasteiger partial charge in [0.05, 0.1) is 12.8 Å². The molecule has 0 saturated heterocycles. The van der Waals surface area contributed by atoms with Gasteiger partial charge in [-0.3, -0.25) is 4.79 Å². The highest BCUT2D eigenvalue weighted by atomic mass is 16.5. The fourth-order valence-electron chi connectivity index (χ4n) is 3.32. The second kappa shape index (κ2) is 9.85. The van der Waals surface area contributed by atoms with Gasteiger partial charge < -0.3 is 15.4 Å². The number of methoxy groups -OCH3 is 1. The van der Waals surface area contributed by atoms with Crippen LogP contribution < -0.4 is 15.4 Å². The summed E-state index contributed by atoms with van der Waals surface area (Å²) >= 11 is 0. The predicted octanol–water partition coefficient (Wildman–Crippen LogP) is 3.96. The molecule has 0 fully saturated rings. The van der Waals surface area contributed by atoms with Crippen molar-refractivity contribution in [1.29, 1.82) is 0 Å². The first-order valence-corrected chi connectivity index (χ1v) is 9.74. The van der Waals surface area contributed by atoms with Gasteiger partial charge in [-0.25, -0.2) is 4.98 Å². The molecule has 1 amide bonds. The average molecular weight is 389 g/mol. The molecule has 0 spiro atoms. The van der Waals surface area contributed by atoms with Crippen LogP contribution in [0.15, 0.2) is 60.7 Å². The van der Waals surface area contributed by atoms with Crippen molar-refractivity contribution in [2.45, 2.75) is 20.4 Å². The maximum Gasteiger partial charge on any atom is 0.218 e. The van der Waals surface area contributed by atoms with Gasteiger partial charge >= 0.3 is 0 Å². The molecule has 0 atom stereocenters. The zero-order chi connectivity index (χ0) is 20.6. The quantitative estimate of drug-likeness (QED) is 0.573. The fraction of sp³-hybridized carbons (Fsp3) is 0.250. The normalized spacial score (nSPS) is 10.6. The summed E-state index contributed by atoms with van der Waals surface area (Å²) in [6.45, 7) is 5.54. The van der Waals surface area contributed by atoms with Crippen molar-refractivity contribution in [3.8, 4) is 28.3 Å². The van der Waals surface area contributed by atoms with E-state index < -0.39 is 0 Å². The molecule has 0 aliphatic rings. The van der Waals surface area contributed by atoms with Gasteiger partial charge in [-0.1, -0.05) is 54.6 Å². The van der Waals surface area contributed by atoms with Crippen molar-refractivity contribution in [3.63, 3.8) is 0 Å². The minimum absolute atomic E-state index is 0.0245. The Labute approximate surface area is 172 Å². The lowest BCUT2D eigenvalue weighted by Crippen LogP contribution is -2.30. The van der Waals surface area contributed by atoms with Crippen LogP contribution in [-0.4, -0.2) is 31.1 Å². The van der Waals surface area contributed by atoms with Gasteiger partial charge in [0.15, 0.2) is 0 Å². The summed E-state index contributed by atoms with van der Waals surface area (Å²) in [6.07, 6.45) is 0. The van der Waals surface area contributed by atoms with Gasteiger partial charge in [0.2, 0.25) is 11.8 Å². The number of carbonyl (C=O) groups excluding carboxylic acids is 1. The Bertz CT molecular complexity index is 971. The second-order valence-electron chi connectivity index (χ2n) is 6.87. The molecule has 150 valence electrons. The fourth-order valence-corrected chi connectivity index (χ4v) is 3.32. The minimum Gasteiger partial charge on any atom is -0.481 e. The maximum absolute atomic E-state index is 10.9. The van der Waals surface area contributed by atoms with Gasteiger partial charge in [-0.15, -0.1) is 0 Å². The van der Waals surface area contributed by atoms with E-state index in [-0.39, 0.29) is 5.91 Å². The Balaban J connectivity index is 1.80. The third kappa shape index (κ3) is 5.21. The Morgan fingerprint density at radius 2 is 1.72 bits per heavy atom. The third-order valence-electron chi connectivity index (χ3n) is 4.82. The average Bonchev–Trinajstić information content (AvgIpc) is 2.74. The molecule has 0 bridgehead atoms. The molecule has 3 aromatic rings. The van der Waals surface area contributed by atoms with Crippen molar-refractivity contribution in [1.82, 2.24) is 15.6 Å². The Morgan fingerprint density at radius 3 is 2.45 bits per heavy atom. The highest BCUT2D eigenvalue weighted by Crippen LogP contribution is 2.32. The van der Waals surface area contributed by atoms with E-state index in [1.807, 2.05) is 18.2 Å². The molecule has 29 heavy (non-hydrogen) atoms. The topological polar surface area (TPSA) is 63.2 Å². The maximum atomic E-state index is 10.9. The van der Waals surface area contributed by atoms with Gasteiger partial charge in [-0.05, 0) is 29.7 Å². The minimum atomic E-state index is -0.0245. The number of pyridine rings is 1. The standard InChI is InChI=1S/C24H27N3O2/c1-17-21(19-8-5-4-6-9-19)10-7-11-22(17)23-13-12-20(24(27-23)29-3)16-25-14-15-26-18(2)28/h4-13,25H,14-16H2,1-3H3,(H,26,28). The van der Waals surface area contributed by atoms with Crippen LogP contribution in [-0.2, 0) is 11.3 Å². The first-order chi connectivity index (χ1) is 14.1. The van der Waals surface area contributed by atoms with E-state index in [1.54, 1.807) is 7.11 Å². The summed E-state index contributed by atoms with van der Waals surface area (Å²) in [5.74, 6) is 0.586. The number of amides is 1. The van der Waals surface area contributed by atoms with Crippen molar-refractivity contribution in [3.05, 3.63) is 71.8 Å². The molecule has 0 unspecified atom stereocenters. The molecule has 2 aromatic carbocycles. The van der Waals surface area contributed by atoms with Crippen molar-refractivity contribution in [2.24, 2.45) is 0 Å². The lowest BCUT2D eigenvalue weighted by Gasteiger charge is -2.14. The number of hydrogen-bond donors (Lipinski definition) is 2. The number of hydrogen-bond acceptors (Lipinski definition) is 4. The molecule has 1 heterocycles. The summed E-state index contributed by atoms with van der Waals surface area (Å²) in [4.78, 5) is 15.7. The Kier molecular flexibility index (Phi) is 6.98. The number of benzene rings is 2. The molecular weight excluding hydrogens is 362 g/mol. The SMILES string of the molecule is COc1nc(-c2cccc(-c3ccccc3)c2C)ccc1CNCCNC(C)=O. The first kappa shape index (κ1) is 20.6. The number of nitrogens with one attached hydrogen (secondary N) is 2. The molecule has 5 heteroatoms. The van der Waals surface area contributed by atoms with Crippen LogP contribution in [0, 0.1) is 6.92 Å². The number of aromatic nitrogens is 1. The van der Waals surface area contributed by atoms with Crippen LogP contribution in [0.4, 0.5) is 0 Å². The van der Waals surface area contributed by atoms with E-state index in [9.17, 15) is 4.79 Å². The number of carbonyl (C=O) groups is 1. The Hall–Kier alpha value is -3.18. The lowest BCUT2D eigenvalue weighted by molar-refractivity contribution is -0.118. The highest BCUT2D eigenvalue weighted by molar-refractivity contribution is 5.77. The largest absolute Gasteiger partial charge is 0.481 e. The first-order valence-electron chi connectivity index (χ1n) is 9.74. The summed E-state index contributed by atoms with van der Waals surface area (Å²) < 4.78 is 5.54. The van der Waals surface area contributed by atoms with E-state index in [1.165, 1.54) is 23.6 Å². The summed E-state index contributed by atoms with van der Waals surface area (Å²) in [5.41, 5.74) is 6.55. The third-order valence-corrected chi connectivity index (χ3v) is 4.82. The molecule has 5 nitrogen and oxygen atoms in total. The van der Waals surface area contributed by atoms with Crippen molar-refractivity contribution >= 4 is 5.91 Å². The molecular formula is C24H27N3O2. The van der Waals surface area contributed by atoms with Crippen LogP contribution in [0.25, 0.3) is 22.4 Å². The van der Waals surface area contributed by atoms with Gasteiger partial charge in [-0.2, -0.15) is 0 Å². The van der Waals surface area contributed by atoms with Crippen LogP contribution in [0.3, 0.4) is 0 Å². The van der Waals surface area contributed by atoms with Crippen molar-refractivity contribution < 1.29 is 9.53 Å². The highest BCUT2D eigenvalue weighted by Gasteiger charge is 2.12. The summed E-state index contributed by atoms with van der Waals surface area (Å²) in [7, 11) is 1.64. The molecule has 3 rings (SSSR count). The van der Waals surface area contributed by atoms with Crippen LogP contribution in [0.5, 0.6) is 5.88 Å². The number of nitrogens with zero attached hydrogens (tertiary/aromatic N) is 1. The summed E-state index contributed by atoms with van der Waals surface area (Å²) in [5, 5.41) is 6.07. The van der Waals surface area contributed by atoms with E-state index >= 15 is 0 Å². The molecule has 1 aromatic heterocycles.